The van der Waals surface area contributed by atoms with E-state index in [2.05, 4.69) is 27.8 Å². The van der Waals surface area contributed by atoms with Crippen molar-refractivity contribution in [2.24, 2.45) is 0 Å². The van der Waals surface area contributed by atoms with Gasteiger partial charge in [-0.15, -0.1) is 0 Å². The van der Waals surface area contributed by atoms with E-state index in [0.29, 0.717) is 11.4 Å². The third-order valence-corrected chi connectivity index (χ3v) is 3.06. The van der Waals surface area contributed by atoms with Gasteiger partial charge in [0, 0.05) is 17.9 Å². The quantitative estimate of drug-likeness (QED) is 0.726. The highest BCUT2D eigenvalue weighted by molar-refractivity contribution is 9.09. The SMILES string of the molecule is CC1CCCN1CC(O)CBr. The number of aliphatic hydroxyl groups excluding tert-OH is 1. The average molecular weight is 222 g/mol. The molecular weight excluding hydrogens is 206 g/mol. The van der Waals surface area contributed by atoms with Crippen molar-refractivity contribution in [3.05, 3.63) is 0 Å². The van der Waals surface area contributed by atoms with E-state index in [9.17, 15) is 5.11 Å². The number of hydrogen-bond acceptors (Lipinski definition) is 2. The van der Waals surface area contributed by atoms with Gasteiger partial charge in [-0.1, -0.05) is 15.9 Å². The standard InChI is InChI=1S/C8H16BrNO/c1-7-3-2-4-10(7)6-8(11)5-9/h7-8,11H,2-6H2,1H3. The zero-order valence-corrected chi connectivity index (χ0v) is 8.55. The highest BCUT2D eigenvalue weighted by atomic mass is 79.9. The van der Waals surface area contributed by atoms with Crippen LogP contribution in [-0.2, 0) is 0 Å². The second kappa shape index (κ2) is 4.43. The van der Waals surface area contributed by atoms with Crippen LogP contribution in [0.4, 0.5) is 0 Å². The fourth-order valence-corrected chi connectivity index (χ4v) is 1.79. The van der Waals surface area contributed by atoms with Gasteiger partial charge in [0.15, 0.2) is 0 Å². The summed E-state index contributed by atoms with van der Waals surface area (Å²) in [7, 11) is 0. The van der Waals surface area contributed by atoms with Gasteiger partial charge in [0.05, 0.1) is 6.10 Å². The van der Waals surface area contributed by atoms with Crippen LogP contribution >= 0.6 is 15.9 Å². The molecule has 1 aliphatic rings. The molecular formula is C8H16BrNO. The minimum Gasteiger partial charge on any atom is -0.391 e. The molecule has 0 radical (unpaired) electrons. The van der Waals surface area contributed by atoms with Gasteiger partial charge in [-0.25, -0.2) is 0 Å². The van der Waals surface area contributed by atoms with Gasteiger partial charge in [0.2, 0.25) is 0 Å². The maximum absolute atomic E-state index is 9.35. The first-order valence-electron chi connectivity index (χ1n) is 4.22. The molecule has 3 heteroatoms. The zero-order chi connectivity index (χ0) is 8.27. The van der Waals surface area contributed by atoms with Crippen LogP contribution < -0.4 is 0 Å². The summed E-state index contributed by atoms with van der Waals surface area (Å²) in [6, 6.07) is 0.670. The minimum atomic E-state index is -0.199. The Morgan fingerprint density at radius 3 is 2.91 bits per heavy atom. The second-order valence-electron chi connectivity index (χ2n) is 3.29. The molecule has 1 aliphatic heterocycles. The lowest BCUT2D eigenvalue weighted by Crippen LogP contribution is -2.35. The van der Waals surface area contributed by atoms with Crippen LogP contribution in [0.3, 0.4) is 0 Å². The van der Waals surface area contributed by atoms with Crippen molar-refractivity contribution in [1.82, 2.24) is 4.90 Å². The molecule has 11 heavy (non-hydrogen) atoms. The van der Waals surface area contributed by atoms with Gasteiger partial charge in [-0.3, -0.25) is 4.90 Å². The predicted octanol–water partition coefficient (Wildman–Crippen LogP) is 1.23. The molecule has 0 aromatic heterocycles. The van der Waals surface area contributed by atoms with E-state index in [1.165, 1.54) is 12.8 Å². The van der Waals surface area contributed by atoms with Gasteiger partial charge >= 0.3 is 0 Å². The fraction of sp³-hybridized carbons (Fsp3) is 1.00. The summed E-state index contributed by atoms with van der Waals surface area (Å²) in [5.74, 6) is 0. The monoisotopic (exact) mass is 221 g/mol. The maximum Gasteiger partial charge on any atom is 0.0763 e. The largest absolute Gasteiger partial charge is 0.391 e. The van der Waals surface area contributed by atoms with Crippen LogP contribution in [0.2, 0.25) is 0 Å². The summed E-state index contributed by atoms with van der Waals surface area (Å²) in [4.78, 5) is 2.35. The van der Waals surface area contributed by atoms with Crippen LogP contribution in [0, 0.1) is 0 Å². The number of likely N-dealkylation sites (tertiary alicyclic amines) is 1. The summed E-state index contributed by atoms with van der Waals surface area (Å²) in [6.45, 7) is 4.21. The van der Waals surface area contributed by atoms with Crippen LogP contribution in [-0.4, -0.2) is 40.6 Å². The van der Waals surface area contributed by atoms with E-state index >= 15 is 0 Å². The Bertz CT molecular complexity index is 121. The van der Waals surface area contributed by atoms with Crippen molar-refractivity contribution >= 4 is 15.9 Å². The molecule has 66 valence electrons. The molecule has 1 rings (SSSR count). The lowest BCUT2D eigenvalue weighted by Gasteiger charge is -2.22. The summed E-state index contributed by atoms with van der Waals surface area (Å²) in [5.41, 5.74) is 0. The maximum atomic E-state index is 9.35. The summed E-state index contributed by atoms with van der Waals surface area (Å²) in [5, 5.41) is 10.0. The van der Waals surface area contributed by atoms with Crippen molar-refractivity contribution in [3.63, 3.8) is 0 Å². The first-order valence-corrected chi connectivity index (χ1v) is 5.34. The topological polar surface area (TPSA) is 23.5 Å². The van der Waals surface area contributed by atoms with E-state index in [1.807, 2.05) is 0 Å². The first-order chi connectivity index (χ1) is 5.24. The Hall–Kier alpha value is 0.400. The highest BCUT2D eigenvalue weighted by Crippen LogP contribution is 2.16. The minimum absolute atomic E-state index is 0.199. The number of rotatable bonds is 3. The third kappa shape index (κ3) is 2.73. The summed E-state index contributed by atoms with van der Waals surface area (Å²) in [6.07, 6.45) is 2.38. The lowest BCUT2D eigenvalue weighted by molar-refractivity contribution is 0.127. The van der Waals surface area contributed by atoms with Gasteiger partial charge in [0.25, 0.3) is 0 Å². The zero-order valence-electron chi connectivity index (χ0n) is 6.96. The number of nitrogens with zero attached hydrogens (tertiary/aromatic N) is 1. The number of hydrogen-bond donors (Lipinski definition) is 1. The molecule has 1 N–H and O–H groups in total. The van der Waals surface area contributed by atoms with Gasteiger partial charge in [-0.05, 0) is 26.3 Å². The van der Waals surface area contributed by atoms with Crippen LogP contribution in [0.5, 0.6) is 0 Å². The molecule has 1 fully saturated rings. The number of alkyl halides is 1. The first kappa shape index (κ1) is 9.49. The Kier molecular flexibility index (Phi) is 3.82. The third-order valence-electron chi connectivity index (χ3n) is 2.31. The van der Waals surface area contributed by atoms with Crippen molar-refractivity contribution in [2.45, 2.75) is 31.9 Å². The molecule has 2 unspecified atom stereocenters. The molecule has 0 saturated carbocycles. The molecule has 1 heterocycles. The van der Waals surface area contributed by atoms with E-state index in [-0.39, 0.29) is 6.10 Å². The summed E-state index contributed by atoms with van der Waals surface area (Å²) >= 11 is 3.27. The van der Waals surface area contributed by atoms with Crippen molar-refractivity contribution < 1.29 is 5.11 Å². The summed E-state index contributed by atoms with van der Waals surface area (Å²) < 4.78 is 0. The fourth-order valence-electron chi connectivity index (χ4n) is 1.58. The molecule has 1 saturated heterocycles. The molecule has 0 spiro atoms. The van der Waals surface area contributed by atoms with Crippen molar-refractivity contribution in [1.29, 1.82) is 0 Å². The van der Waals surface area contributed by atoms with Gasteiger partial charge in [0.1, 0.15) is 0 Å². The predicted molar refractivity (Wildman–Crippen MR) is 50.1 cm³/mol. The molecule has 2 nitrogen and oxygen atoms in total. The van der Waals surface area contributed by atoms with Crippen LogP contribution in [0.15, 0.2) is 0 Å². The highest BCUT2D eigenvalue weighted by Gasteiger charge is 2.21. The van der Waals surface area contributed by atoms with Gasteiger partial charge < -0.3 is 5.11 Å². The Balaban J connectivity index is 2.24. The molecule has 0 bridgehead atoms. The molecule has 0 aromatic rings. The van der Waals surface area contributed by atoms with Gasteiger partial charge in [-0.2, -0.15) is 0 Å². The Morgan fingerprint density at radius 2 is 2.45 bits per heavy atom. The molecule has 0 aliphatic carbocycles. The van der Waals surface area contributed by atoms with Crippen molar-refractivity contribution in [3.8, 4) is 0 Å². The smallest absolute Gasteiger partial charge is 0.0763 e. The molecule has 0 aromatic carbocycles. The van der Waals surface area contributed by atoms with E-state index in [0.717, 1.165) is 13.1 Å². The van der Waals surface area contributed by atoms with E-state index < -0.39 is 0 Å². The normalized spacial score (nSPS) is 29.2. The van der Waals surface area contributed by atoms with Crippen LogP contribution in [0.25, 0.3) is 0 Å². The average Bonchev–Trinajstić information content (AvgIpc) is 2.37. The van der Waals surface area contributed by atoms with Crippen molar-refractivity contribution in [2.75, 3.05) is 18.4 Å². The molecule has 0 amide bonds. The molecule has 2 atom stereocenters. The Labute approximate surface area is 76.7 Å². The Morgan fingerprint density at radius 1 is 1.73 bits per heavy atom. The van der Waals surface area contributed by atoms with E-state index in [4.69, 9.17) is 0 Å². The number of β-amino-alcohol motifs (C(OH)–C–C–N with tert-alkyl or cyclic N) is 1. The van der Waals surface area contributed by atoms with Crippen LogP contribution in [0.1, 0.15) is 19.8 Å². The number of halogens is 1. The number of aliphatic hydroxyl groups is 1. The lowest BCUT2D eigenvalue weighted by atomic mass is 10.2. The van der Waals surface area contributed by atoms with E-state index in [1.54, 1.807) is 0 Å². The second-order valence-corrected chi connectivity index (χ2v) is 3.94.